The van der Waals surface area contributed by atoms with Crippen LogP contribution in [0.5, 0.6) is 11.5 Å². The van der Waals surface area contributed by atoms with E-state index in [1.165, 1.54) is 8.70 Å². The van der Waals surface area contributed by atoms with Gasteiger partial charge in [-0.15, -0.1) is 0 Å². The summed E-state index contributed by atoms with van der Waals surface area (Å²) in [6.45, 7) is 0. The Balaban J connectivity index is 2.20. The van der Waals surface area contributed by atoms with E-state index in [-0.39, 0.29) is 0 Å². The number of ether oxygens (including phenoxy) is 1. The van der Waals surface area contributed by atoms with E-state index in [9.17, 15) is 0 Å². The summed E-state index contributed by atoms with van der Waals surface area (Å²) in [5.74, 6) is 2.11. The van der Waals surface area contributed by atoms with E-state index in [0.717, 1.165) is 11.5 Å². The van der Waals surface area contributed by atoms with Crippen LogP contribution in [-0.2, 0) is 0 Å². The Kier molecular flexibility index (Phi) is 2.07. The normalized spacial score (nSPS) is 13.9. The standard InChI is InChI=1S/C13H11AsO/c1-14-10-6-2-4-8-12(10)15-13-9-5-3-7-11(13)14/h2-9H,1H3. The van der Waals surface area contributed by atoms with Crippen molar-refractivity contribution in [3.8, 4) is 11.5 Å². The van der Waals surface area contributed by atoms with Gasteiger partial charge in [-0.25, -0.2) is 0 Å². The second-order valence-electron chi connectivity index (χ2n) is 3.60. The SMILES string of the molecule is C[As]1c2ccccc2Oc2ccccc21. The summed E-state index contributed by atoms with van der Waals surface area (Å²) in [5.41, 5.74) is 2.37. The van der Waals surface area contributed by atoms with Gasteiger partial charge in [0.25, 0.3) is 0 Å². The molecule has 1 heterocycles. The molecule has 2 aromatic rings. The molecule has 74 valence electrons. The first-order valence-corrected chi connectivity index (χ1v) is 8.71. The molecule has 1 nitrogen and oxygen atoms in total. The van der Waals surface area contributed by atoms with Gasteiger partial charge in [0.15, 0.2) is 0 Å². The van der Waals surface area contributed by atoms with Gasteiger partial charge in [0, 0.05) is 0 Å². The van der Waals surface area contributed by atoms with Crippen LogP contribution < -0.4 is 13.4 Å². The molecular formula is C13H11AsO. The summed E-state index contributed by atoms with van der Waals surface area (Å²) in [6, 6.07) is 16.8. The number of hydrogen-bond donors (Lipinski definition) is 0. The molecule has 0 radical (unpaired) electrons. The molecule has 0 atom stereocenters. The fourth-order valence-corrected chi connectivity index (χ4v) is 5.62. The van der Waals surface area contributed by atoms with Crippen molar-refractivity contribution < 1.29 is 4.74 Å². The summed E-state index contributed by atoms with van der Waals surface area (Å²) in [4.78, 5) is 0. The van der Waals surface area contributed by atoms with Crippen LogP contribution in [0, 0.1) is 0 Å². The molecule has 0 unspecified atom stereocenters. The fraction of sp³-hybridized carbons (Fsp3) is 0.0769. The zero-order valence-corrected chi connectivity index (χ0v) is 10.4. The molecule has 2 aromatic carbocycles. The Hall–Kier alpha value is -1.20. The van der Waals surface area contributed by atoms with Gasteiger partial charge >= 0.3 is 93.8 Å². The third-order valence-corrected chi connectivity index (χ3v) is 7.26. The van der Waals surface area contributed by atoms with Gasteiger partial charge in [-0.3, -0.25) is 0 Å². The summed E-state index contributed by atoms with van der Waals surface area (Å²) in [5, 5.41) is 0. The van der Waals surface area contributed by atoms with Gasteiger partial charge in [-0.2, -0.15) is 0 Å². The predicted molar refractivity (Wildman–Crippen MR) is 63.8 cm³/mol. The van der Waals surface area contributed by atoms with Crippen molar-refractivity contribution in [2.24, 2.45) is 0 Å². The van der Waals surface area contributed by atoms with Crippen molar-refractivity contribution in [1.29, 1.82) is 0 Å². The van der Waals surface area contributed by atoms with Crippen molar-refractivity contribution in [2.45, 2.75) is 5.71 Å². The molecular weight excluding hydrogens is 247 g/mol. The Morgan fingerprint density at radius 2 is 1.27 bits per heavy atom. The molecule has 0 aliphatic carbocycles. The molecule has 0 amide bonds. The first-order chi connectivity index (χ1) is 7.36. The van der Waals surface area contributed by atoms with Crippen LogP contribution in [0.1, 0.15) is 0 Å². The molecule has 0 bridgehead atoms. The minimum absolute atomic E-state index is 1.05. The van der Waals surface area contributed by atoms with Crippen LogP contribution >= 0.6 is 0 Å². The topological polar surface area (TPSA) is 9.23 Å². The molecule has 3 rings (SSSR count). The van der Waals surface area contributed by atoms with Gasteiger partial charge in [0.1, 0.15) is 0 Å². The number of rotatable bonds is 0. The number of fused-ring (bicyclic) bond motifs is 2. The summed E-state index contributed by atoms with van der Waals surface area (Å²) in [6.07, 6.45) is 0. The third kappa shape index (κ3) is 1.39. The van der Waals surface area contributed by atoms with Crippen molar-refractivity contribution in [3.63, 3.8) is 0 Å². The Labute approximate surface area is 94.0 Å². The molecule has 0 saturated heterocycles. The number of hydrogen-bond acceptors (Lipinski definition) is 1. The molecule has 0 saturated carbocycles. The third-order valence-electron chi connectivity index (χ3n) is 2.67. The summed E-state index contributed by atoms with van der Waals surface area (Å²) >= 11 is -1.09. The van der Waals surface area contributed by atoms with Crippen molar-refractivity contribution in [2.75, 3.05) is 0 Å². The maximum atomic E-state index is 5.88. The molecule has 1 aliphatic rings. The zero-order chi connectivity index (χ0) is 10.3. The van der Waals surface area contributed by atoms with E-state index in [4.69, 9.17) is 4.74 Å². The van der Waals surface area contributed by atoms with E-state index < -0.39 is 14.7 Å². The van der Waals surface area contributed by atoms with Gasteiger partial charge in [0.2, 0.25) is 0 Å². The van der Waals surface area contributed by atoms with Crippen LogP contribution in [0.3, 0.4) is 0 Å². The maximum absolute atomic E-state index is 5.88. The first kappa shape index (κ1) is 9.06. The van der Waals surface area contributed by atoms with Gasteiger partial charge < -0.3 is 0 Å². The fourth-order valence-electron chi connectivity index (χ4n) is 1.89. The second-order valence-corrected chi connectivity index (χ2v) is 7.96. The van der Waals surface area contributed by atoms with Crippen molar-refractivity contribution in [3.05, 3.63) is 48.5 Å². The van der Waals surface area contributed by atoms with E-state index in [1.54, 1.807) is 0 Å². The monoisotopic (exact) mass is 258 g/mol. The van der Waals surface area contributed by atoms with Gasteiger partial charge in [-0.1, -0.05) is 0 Å². The van der Waals surface area contributed by atoms with Crippen molar-refractivity contribution >= 4 is 23.4 Å². The predicted octanol–water partition coefficient (Wildman–Crippen LogP) is 2.03. The van der Waals surface area contributed by atoms with Crippen LogP contribution in [0.4, 0.5) is 0 Å². The zero-order valence-electron chi connectivity index (χ0n) is 8.47. The number of para-hydroxylation sites is 2. The average molecular weight is 258 g/mol. The van der Waals surface area contributed by atoms with E-state index in [1.807, 2.05) is 12.1 Å². The molecule has 0 aromatic heterocycles. The Morgan fingerprint density at radius 3 is 1.80 bits per heavy atom. The first-order valence-electron chi connectivity index (χ1n) is 4.96. The van der Waals surface area contributed by atoms with E-state index >= 15 is 0 Å². The van der Waals surface area contributed by atoms with Gasteiger partial charge in [0.05, 0.1) is 0 Å². The van der Waals surface area contributed by atoms with E-state index in [0.29, 0.717) is 0 Å². The van der Waals surface area contributed by atoms with Crippen LogP contribution in [0.25, 0.3) is 0 Å². The molecule has 0 spiro atoms. The van der Waals surface area contributed by atoms with Gasteiger partial charge in [-0.05, 0) is 0 Å². The quantitative estimate of drug-likeness (QED) is 0.657. The van der Waals surface area contributed by atoms with Crippen LogP contribution in [-0.4, -0.2) is 14.7 Å². The van der Waals surface area contributed by atoms with Crippen LogP contribution in [0.15, 0.2) is 48.5 Å². The molecule has 2 heteroatoms. The van der Waals surface area contributed by atoms with E-state index in [2.05, 4.69) is 42.1 Å². The van der Waals surface area contributed by atoms with Crippen molar-refractivity contribution in [1.82, 2.24) is 0 Å². The Morgan fingerprint density at radius 1 is 0.800 bits per heavy atom. The minimum atomic E-state index is -1.09. The molecule has 1 aliphatic heterocycles. The molecule has 0 fully saturated rings. The molecule has 0 N–H and O–H groups in total. The number of benzene rings is 2. The summed E-state index contributed by atoms with van der Waals surface area (Å²) in [7, 11) is 0. The summed E-state index contributed by atoms with van der Waals surface area (Å²) < 4.78 is 8.72. The second kappa shape index (κ2) is 3.43. The Bertz CT molecular complexity index is 462. The van der Waals surface area contributed by atoms with Crippen LogP contribution in [0.2, 0.25) is 5.71 Å². The molecule has 15 heavy (non-hydrogen) atoms. The average Bonchev–Trinajstić information content (AvgIpc) is 2.30.